The van der Waals surface area contributed by atoms with Crippen molar-refractivity contribution in [2.24, 2.45) is 0 Å². The van der Waals surface area contributed by atoms with Gasteiger partial charge in [-0.3, -0.25) is 0 Å². The standard InChI is InChI=1S/C12H15N/c1-5-9-6-7-10(13)8-11(9)12(2,3)4/h1,6-8H,13H2,2-4H3. The quantitative estimate of drug-likeness (QED) is 0.473. The summed E-state index contributed by atoms with van der Waals surface area (Å²) in [4.78, 5) is 0. The third kappa shape index (κ3) is 2.03. The van der Waals surface area contributed by atoms with E-state index in [-0.39, 0.29) is 5.41 Å². The van der Waals surface area contributed by atoms with Crippen LogP contribution in [0.15, 0.2) is 18.2 Å². The predicted molar refractivity (Wildman–Crippen MR) is 57.5 cm³/mol. The monoisotopic (exact) mass is 173 g/mol. The Morgan fingerprint density at radius 2 is 1.92 bits per heavy atom. The highest BCUT2D eigenvalue weighted by atomic mass is 14.5. The Kier molecular flexibility index (Phi) is 2.34. The van der Waals surface area contributed by atoms with E-state index in [2.05, 4.69) is 26.7 Å². The molecule has 0 spiro atoms. The van der Waals surface area contributed by atoms with Crippen LogP contribution in [0.25, 0.3) is 0 Å². The van der Waals surface area contributed by atoms with E-state index < -0.39 is 0 Å². The Labute approximate surface area is 80.0 Å². The van der Waals surface area contributed by atoms with Crippen LogP contribution in [0.3, 0.4) is 0 Å². The molecule has 0 heterocycles. The number of terminal acetylenes is 1. The average Bonchev–Trinajstić information content (AvgIpc) is 2.03. The fourth-order valence-electron chi connectivity index (χ4n) is 1.31. The fourth-order valence-corrected chi connectivity index (χ4v) is 1.31. The first-order chi connectivity index (χ1) is 5.95. The molecule has 0 amide bonds. The largest absolute Gasteiger partial charge is 0.399 e. The zero-order valence-corrected chi connectivity index (χ0v) is 8.39. The Morgan fingerprint density at radius 3 is 2.38 bits per heavy atom. The summed E-state index contributed by atoms with van der Waals surface area (Å²) >= 11 is 0. The van der Waals surface area contributed by atoms with Gasteiger partial charge >= 0.3 is 0 Å². The maximum atomic E-state index is 5.71. The van der Waals surface area contributed by atoms with Crippen LogP contribution in [0.2, 0.25) is 0 Å². The smallest absolute Gasteiger partial charge is 0.0317 e. The number of anilines is 1. The molecule has 0 saturated heterocycles. The van der Waals surface area contributed by atoms with E-state index in [4.69, 9.17) is 12.2 Å². The normalized spacial score (nSPS) is 10.9. The second-order valence-corrected chi connectivity index (χ2v) is 4.20. The SMILES string of the molecule is C#Cc1ccc(N)cc1C(C)(C)C. The van der Waals surface area contributed by atoms with Crippen LogP contribution in [0, 0.1) is 12.3 Å². The van der Waals surface area contributed by atoms with Gasteiger partial charge in [0.15, 0.2) is 0 Å². The molecule has 0 aliphatic carbocycles. The van der Waals surface area contributed by atoms with Crippen LogP contribution in [-0.2, 0) is 5.41 Å². The van der Waals surface area contributed by atoms with E-state index in [1.165, 1.54) is 0 Å². The molecule has 1 heteroatoms. The van der Waals surface area contributed by atoms with E-state index in [0.717, 1.165) is 16.8 Å². The maximum Gasteiger partial charge on any atom is 0.0317 e. The van der Waals surface area contributed by atoms with Gasteiger partial charge in [-0.05, 0) is 29.2 Å². The molecule has 0 aromatic heterocycles. The molecule has 68 valence electrons. The zero-order chi connectivity index (χ0) is 10.1. The second kappa shape index (κ2) is 3.14. The molecule has 0 saturated carbocycles. The summed E-state index contributed by atoms with van der Waals surface area (Å²) in [5, 5.41) is 0. The van der Waals surface area contributed by atoms with Gasteiger partial charge in [-0.25, -0.2) is 0 Å². The number of rotatable bonds is 0. The van der Waals surface area contributed by atoms with Crippen molar-refractivity contribution in [2.45, 2.75) is 26.2 Å². The van der Waals surface area contributed by atoms with Gasteiger partial charge in [-0.1, -0.05) is 26.7 Å². The van der Waals surface area contributed by atoms with Crippen molar-refractivity contribution in [2.75, 3.05) is 5.73 Å². The van der Waals surface area contributed by atoms with E-state index in [1.54, 1.807) is 0 Å². The maximum absolute atomic E-state index is 5.71. The van der Waals surface area contributed by atoms with Crippen LogP contribution in [0.1, 0.15) is 31.9 Å². The van der Waals surface area contributed by atoms with Crippen molar-refractivity contribution in [1.82, 2.24) is 0 Å². The van der Waals surface area contributed by atoms with Crippen molar-refractivity contribution in [3.05, 3.63) is 29.3 Å². The third-order valence-electron chi connectivity index (χ3n) is 2.01. The first kappa shape index (κ1) is 9.67. The highest BCUT2D eigenvalue weighted by Crippen LogP contribution is 2.27. The number of nitrogens with two attached hydrogens (primary N) is 1. The summed E-state index contributed by atoms with van der Waals surface area (Å²) in [6.07, 6.45) is 5.41. The Hall–Kier alpha value is -1.42. The minimum Gasteiger partial charge on any atom is -0.399 e. The Morgan fingerprint density at radius 1 is 1.31 bits per heavy atom. The van der Waals surface area contributed by atoms with Gasteiger partial charge in [0.1, 0.15) is 0 Å². The predicted octanol–water partition coefficient (Wildman–Crippen LogP) is 2.55. The lowest BCUT2D eigenvalue weighted by Gasteiger charge is -2.21. The van der Waals surface area contributed by atoms with E-state index >= 15 is 0 Å². The van der Waals surface area contributed by atoms with Crippen LogP contribution < -0.4 is 5.73 Å². The summed E-state index contributed by atoms with van der Waals surface area (Å²) in [6.45, 7) is 6.38. The molecular weight excluding hydrogens is 158 g/mol. The first-order valence-electron chi connectivity index (χ1n) is 4.32. The molecule has 0 aliphatic heterocycles. The zero-order valence-electron chi connectivity index (χ0n) is 8.39. The van der Waals surface area contributed by atoms with Crippen molar-refractivity contribution < 1.29 is 0 Å². The third-order valence-corrected chi connectivity index (χ3v) is 2.01. The minimum atomic E-state index is 0.0527. The summed E-state index contributed by atoms with van der Waals surface area (Å²) in [5.74, 6) is 2.67. The van der Waals surface area contributed by atoms with Crippen LogP contribution in [0.4, 0.5) is 5.69 Å². The molecule has 0 fully saturated rings. The second-order valence-electron chi connectivity index (χ2n) is 4.20. The average molecular weight is 173 g/mol. The van der Waals surface area contributed by atoms with E-state index in [1.807, 2.05) is 18.2 Å². The van der Waals surface area contributed by atoms with Gasteiger partial charge in [0.05, 0.1) is 0 Å². The molecule has 0 unspecified atom stereocenters. The lowest BCUT2D eigenvalue weighted by Crippen LogP contribution is -2.13. The van der Waals surface area contributed by atoms with Crippen molar-refractivity contribution in [3.63, 3.8) is 0 Å². The van der Waals surface area contributed by atoms with E-state index in [9.17, 15) is 0 Å². The molecule has 0 aliphatic rings. The number of hydrogen-bond donors (Lipinski definition) is 1. The molecule has 13 heavy (non-hydrogen) atoms. The fraction of sp³-hybridized carbons (Fsp3) is 0.333. The van der Waals surface area contributed by atoms with Gasteiger partial charge in [0, 0.05) is 11.3 Å². The minimum absolute atomic E-state index is 0.0527. The molecule has 1 nitrogen and oxygen atoms in total. The van der Waals surface area contributed by atoms with Crippen LogP contribution in [0.5, 0.6) is 0 Å². The molecule has 0 radical (unpaired) electrons. The van der Waals surface area contributed by atoms with Crippen LogP contribution in [-0.4, -0.2) is 0 Å². The lowest BCUT2D eigenvalue weighted by atomic mass is 9.83. The highest BCUT2D eigenvalue weighted by Gasteiger charge is 2.16. The van der Waals surface area contributed by atoms with Gasteiger partial charge in [-0.2, -0.15) is 0 Å². The van der Waals surface area contributed by atoms with Crippen molar-refractivity contribution in [3.8, 4) is 12.3 Å². The molecule has 0 atom stereocenters. The molecular formula is C12H15N. The first-order valence-corrected chi connectivity index (χ1v) is 4.32. The van der Waals surface area contributed by atoms with Gasteiger partial charge < -0.3 is 5.73 Å². The van der Waals surface area contributed by atoms with Crippen molar-refractivity contribution in [1.29, 1.82) is 0 Å². The Balaban J connectivity index is 3.35. The number of hydrogen-bond acceptors (Lipinski definition) is 1. The summed E-state index contributed by atoms with van der Waals surface area (Å²) in [5.41, 5.74) is 8.60. The number of nitrogen functional groups attached to an aromatic ring is 1. The van der Waals surface area contributed by atoms with Crippen molar-refractivity contribution >= 4 is 5.69 Å². The molecule has 2 N–H and O–H groups in total. The van der Waals surface area contributed by atoms with Crippen LogP contribution >= 0.6 is 0 Å². The molecule has 1 rings (SSSR count). The van der Waals surface area contributed by atoms with E-state index in [0.29, 0.717) is 0 Å². The lowest BCUT2D eigenvalue weighted by molar-refractivity contribution is 0.589. The van der Waals surface area contributed by atoms with Gasteiger partial charge in [-0.15, -0.1) is 6.42 Å². The topological polar surface area (TPSA) is 26.0 Å². The summed E-state index contributed by atoms with van der Waals surface area (Å²) in [6, 6.07) is 5.69. The van der Waals surface area contributed by atoms with Gasteiger partial charge in [0.25, 0.3) is 0 Å². The summed E-state index contributed by atoms with van der Waals surface area (Å²) in [7, 11) is 0. The molecule has 1 aromatic carbocycles. The summed E-state index contributed by atoms with van der Waals surface area (Å²) < 4.78 is 0. The highest BCUT2D eigenvalue weighted by molar-refractivity contribution is 5.52. The molecule has 1 aromatic rings. The van der Waals surface area contributed by atoms with Gasteiger partial charge in [0.2, 0.25) is 0 Å². The Bertz CT molecular complexity index is 350. The molecule has 0 bridgehead atoms. The number of benzene rings is 1.